The highest BCUT2D eigenvalue weighted by molar-refractivity contribution is 5.67. The van der Waals surface area contributed by atoms with Gasteiger partial charge in [-0.3, -0.25) is 0 Å². The number of hydrogen-bond donors (Lipinski definition) is 1. The number of rotatable bonds is 5. The Morgan fingerprint density at radius 1 is 0.966 bits per heavy atom. The average molecular weight is 400 g/mol. The molecule has 2 rings (SSSR count). The summed E-state index contributed by atoms with van der Waals surface area (Å²) in [5, 5.41) is 9.32. The quantitative estimate of drug-likeness (QED) is 0.495. The fraction of sp³-hybridized carbons (Fsp3) is 0.458. The summed E-state index contributed by atoms with van der Waals surface area (Å²) >= 11 is 0. The third kappa shape index (κ3) is 5.66. The van der Waals surface area contributed by atoms with Gasteiger partial charge in [0.25, 0.3) is 0 Å². The van der Waals surface area contributed by atoms with E-state index in [0.29, 0.717) is 5.75 Å². The number of nitrogens with zero attached hydrogens (tertiary/aromatic N) is 1. The van der Waals surface area contributed by atoms with E-state index in [9.17, 15) is 9.90 Å². The van der Waals surface area contributed by atoms with Crippen LogP contribution in [0.15, 0.2) is 36.4 Å². The van der Waals surface area contributed by atoms with Crippen LogP contribution in [0.2, 0.25) is 0 Å². The van der Waals surface area contributed by atoms with E-state index in [1.807, 2.05) is 43.4 Å². The Hall–Kier alpha value is -2.69. The Morgan fingerprint density at radius 3 is 1.83 bits per heavy atom. The van der Waals surface area contributed by atoms with Gasteiger partial charge in [0.15, 0.2) is 0 Å². The summed E-state index contributed by atoms with van der Waals surface area (Å²) in [7, 11) is 3.69. The highest BCUT2D eigenvalue weighted by Crippen LogP contribution is 2.42. The summed E-state index contributed by atoms with van der Waals surface area (Å²) in [6.45, 7) is 13.1. The summed E-state index contributed by atoms with van der Waals surface area (Å²) < 4.78 is 10.5. The highest BCUT2D eigenvalue weighted by Gasteiger charge is 2.29. The molecule has 0 spiro atoms. The van der Waals surface area contributed by atoms with Crippen LogP contribution in [0.25, 0.3) is 0 Å². The monoisotopic (exact) mass is 399 g/mol. The van der Waals surface area contributed by atoms with Crippen molar-refractivity contribution < 1.29 is 19.4 Å². The molecule has 0 aliphatic rings. The van der Waals surface area contributed by atoms with Crippen molar-refractivity contribution in [3.05, 3.63) is 53.1 Å². The van der Waals surface area contributed by atoms with Crippen molar-refractivity contribution in [2.75, 3.05) is 19.1 Å². The molecule has 5 heteroatoms. The van der Waals surface area contributed by atoms with E-state index in [1.165, 1.54) is 0 Å². The number of carboxylic acid groups (broad SMARTS) is 1. The molecule has 158 valence electrons. The normalized spacial score (nSPS) is 11.9. The fourth-order valence-electron chi connectivity index (χ4n) is 3.24. The molecule has 2 aromatic rings. The third-order valence-corrected chi connectivity index (χ3v) is 4.90. The average Bonchev–Trinajstić information content (AvgIpc) is 2.60. The number of anilines is 1. The van der Waals surface area contributed by atoms with Gasteiger partial charge in [-0.1, -0.05) is 53.7 Å². The maximum absolute atomic E-state index is 11.4. The van der Waals surface area contributed by atoms with Gasteiger partial charge in [0.05, 0.1) is 7.11 Å². The third-order valence-electron chi connectivity index (χ3n) is 4.90. The van der Waals surface area contributed by atoms with Crippen molar-refractivity contribution in [3.8, 4) is 11.5 Å². The zero-order valence-corrected chi connectivity index (χ0v) is 18.8. The van der Waals surface area contributed by atoms with E-state index in [2.05, 4.69) is 46.4 Å². The Balaban J connectivity index is 2.54. The molecule has 0 amide bonds. The van der Waals surface area contributed by atoms with Crippen molar-refractivity contribution >= 4 is 11.8 Å². The first-order valence-corrected chi connectivity index (χ1v) is 9.77. The molecule has 0 fully saturated rings. The molecule has 5 nitrogen and oxygen atoms in total. The molecule has 0 radical (unpaired) electrons. The Morgan fingerprint density at radius 2 is 1.45 bits per heavy atom. The second-order valence-electron chi connectivity index (χ2n) is 9.44. The summed E-state index contributed by atoms with van der Waals surface area (Å²) in [6.07, 6.45) is -1.29. The van der Waals surface area contributed by atoms with E-state index >= 15 is 0 Å². The topological polar surface area (TPSA) is 59.0 Å². The van der Waals surface area contributed by atoms with Gasteiger partial charge in [-0.2, -0.15) is 0 Å². The first-order valence-electron chi connectivity index (χ1n) is 9.77. The molecule has 0 aliphatic heterocycles. The number of hydrogen-bond acceptors (Lipinski definition) is 4. The lowest BCUT2D eigenvalue weighted by molar-refractivity contribution is 0.142. The minimum Gasteiger partial charge on any atom is -0.497 e. The van der Waals surface area contributed by atoms with Crippen molar-refractivity contribution in [3.63, 3.8) is 0 Å². The van der Waals surface area contributed by atoms with Crippen LogP contribution in [0, 0.1) is 0 Å². The maximum atomic E-state index is 11.4. The zero-order chi connectivity index (χ0) is 22.0. The van der Waals surface area contributed by atoms with Gasteiger partial charge in [-0.25, -0.2) is 4.79 Å². The molecule has 0 atom stereocenters. The maximum Gasteiger partial charge on any atom is 0.511 e. The Bertz CT molecular complexity index is 823. The first kappa shape index (κ1) is 22.6. The van der Waals surface area contributed by atoms with Gasteiger partial charge >= 0.3 is 6.16 Å². The molecular weight excluding hydrogens is 366 g/mol. The second kappa shape index (κ2) is 8.36. The molecule has 0 aromatic heterocycles. The lowest BCUT2D eigenvalue weighted by Gasteiger charge is -2.31. The van der Waals surface area contributed by atoms with E-state index in [0.717, 1.165) is 34.7 Å². The SMILES string of the molecule is COc1ccc(CN(C)c2cc(C(C)(C)C)c(OC(=O)O)c(C(C)(C)C)c2)cc1. The molecule has 0 unspecified atom stereocenters. The first-order chi connectivity index (χ1) is 13.3. The van der Waals surface area contributed by atoms with Gasteiger partial charge in [0, 0.05) is 30.4 Å². The second-order valence-corrected chi connectivity index (χ2v) is 9.44. The zero-order valence-electron chi connectivity index (χ0n) is 18.8. The molecule has 1 N–H and O–H groups in total. The molecule has 0 saturated heterocycles. The number of carbonyl (C=O) groups is 1. The summed E-state index contributed by atoms with van der Waals surface area (Å²) in [5.41, 5.74) is 3.39. The summed E-state index contributed by atoms with van der Waals surface area (Å²) in [5.74, 6) is 1.27. The highest BCUT2D eigenvalue weighted by atomic mass is 16.7. The van der Waals surface area contributed by atoms with E-state index in [4.69, 9.17) is 9.47 Å². The van der Waals surface area contributed by atoms with Crippen LogP contribution in [0.4, 0.5) is 10.5 Å². The Kier molecular flexibility index (Phi) is 6.51. The van der Waals surface area contributed by atoms with Gasteiger partial charge < -0.3 is 19.5 Å². The van der Waals surface area contributed by atoms with E-state index < -0.39 is 6.16 Å². The number of benzene rings is 2. The minimum absolute atomic E-state index is 0.276. The summed E-state index contributed by atoms with van der Waals surface area (Å²) in [4.78, 5) is 13.6. The van der Waals surface area contributed by atoms with Crippen LogP contribution in [0.1, 0.15) is 58.2 Å². The van der Waals surface area contributed by atoms with Gasteiger partial charge in [0.1, 0.15) is 11.5 Å². The standard InChI is InChI=1S/C24H33NO4/c1-23(2,3)19-13-17(14-20(24(4,5)6)21(19)29-22(26)27)25(7)15-16-9-11-18(28-8)12-10-16/h9-14H,15H2,1-8H3,(H,26,27). The minimum atomic E-state index is -1.29. The molecule has 2 aromatic carbocycles. The van der Waals surface area contributed by atoms with Crippen molar-refractivity contribution in [2.45, 2.75) is 58.9 Å². The lowest BCUT2D eigenvalue weighted by atomic mass is 9.79. The smallest absolute Gasteiger partial charge is 0.497 e. The predicted octanol–water partition coefficient (Wildman–Crippen LogP) is 5.98. The van der Waals surface area contributed by atoms with E-state index in [-0.39, 0.29) is 10.8 Å². The van der Waals surface area contributed by atoms with Gasteiger partial charge in [-0.15, -0.1) is 0 Å². The largest absolute Gasteiger partial charge is 0.511 e. The fourth-order valence-corrected chi connectivity index (χ4v) is 3.24. The Labute approximate surface area is 174 Å². The summed E-state index contributed by atoms with van der Waals surface area (Å²) in [6, 6.07) is 12.1. The van der Waals surface area contributed by atoms with Gasteiger partial charge in [0.2, 0.25) is 0 Å². The molecule has 0 saturated carbocycles. The molecule has 0 bridgehead atoms. The predicted molar refractivity (Wildman–Crippen MR) is 118 cm³/mol. The van der Waals surface area contributed by atoms with Gasteiger partial charge in [-0.05, 0) is 40.7 Å². The van der Waals surface area contributed by atoms with Crippen LogP contribution < -0.4 is 14.4 Å². The van der Waals surface area contributed by atoms with Crippen molar-refractivity contribution in [2.24, 2.45) is 0 Å². The van der Waals surface area contributed by atoms with Crippen LogP contribution >= 0.6 is 0 Å². The van der Waals surface area contributed by atoms with Crippen molar-refractivity contribution in [1.82, 2.24) is 0 Å². The number of ether oxygens (including phenoxy) is 2. The van der Waals surface area contributed by atoms with Crippen LogP contribution in [-0.4, -0.2) is 25.4 Å². The molecular formula is C24H33NO4. The van der Waals surface area contributed by atoms with Crippen molar-refractivity contribution in [1.29, 1.82) is 0 Å². The molecule has 0 aliphatic carbocycles. The number of methoxy groups -OCH3 is 1. The lowest BCUT2D eigenvalue weighted by Crippen LogP contribution is -2.24. The molecule has 29 heavy (non-hydrogen) atoms. The van der Waals surface area contributed by atoms with Crippen LogP contribution in [0.3, 0.4) is 0 Å². The van der Waals surface area contributed by atoms with Crippen LogP contribution in [-0.2, 0) is 17.4 Å². The van der Waals surface area contributed by atoms with E-state index in [1.54, 1.807) is 7.11 Å². The van der Waals surface area contributed by atoms with Crippen LogP contribution in [0.5, 0.6) is 11.5 Å². The molecule has 0 heterocycles.